The summed E-state index contributed by atoms with van der Waals surface area (Å²) in [5, 5.41) is 8.63. The number of thiol groups is 1. The fraction of sp³-hybridized carbons (Fsp3) is 0.600. The van der Waals surface area contributed by atoms with Crippen molar-refractivity contribution in [3.63, 3.8) is 0 Å². The van der Waals surface area contributed by atoms with Gasteiger partial charge in [0.15, 0.2) is 0 Å². The van der Waals surface area contributed by atoms with E-state index in [9.17, 15) is 0 Å². The lowest BCUT2D eigenvalue weighted by atomic mass is 10.1. The first-order chi connectivity index (χ1) is 6.00. The van der Waals surface area contributed by atoms with Gasteiger partial charge < -0.3 is 9.84 Å². The topological polar surface area (TPSA) is 29.5 Å². The number of aliphatic hydroxyl groups excluding tert-OH is 1. The van der Waals surface area contributed by atoms with Gasteiger partial charge in [-0.15, -0.1) is 12.6 Å². The fourth-order valence-electron chi connectivity index (χ4n) is 0.940. The molecule has 0 atom stereocenters. The second-order valence-electron chi connectivity index (χ2n) is 3.11. The Hall–Kier alpha value is -0.410. The van der Waals surface area contributed by atoms with Gasteiger partial charge in [0.2, 0.25) is 0 Å². The van der Waals surface area contributed by atoms with E-state index in [1.807, 2.05) is 27.7 Å². The van der Waals surface area contributed by atoms with Crippen LogP contribution in [0.3, 0.4) is 0 Å². The van der Waals surface area contributed by atoms with Crippen LogP contribution >= 0.6 is 12.6 Å². The number of allylic oxidation sites excluding steroid dienone is 3. The first kappa shape index (κ1) is 12.6. The molecule has 0 amide bonds. The summed E-state index contributed by atoms with van der Waals surface area (Å²) in [5.41, 5.74) is 2.12. The minimum Gasteiger partial charge on any atom is -0.491 e. The molecule has 0 aromatic rings. The molecule has 0 bridgehead atoms. The lowest BCUT2D eigenvalue weighted by Crippen LogP contribution is -2.02. The van der Waals surface area contributed by atoms with Crippen molar-refractivity contribution in [1.82, 2.24) is 0 Å². The van der Waals surface area contributed by atoms with Crippen molar-refractivity contribution in [1.29, 1.82) is 0 Å². The molecule has 0 saturated heterocycles. The van der Waals surface area contributed by atoms with Crippen LogP contribution in [0.5, 0.6) is 0 Å². The molecule has 0 aliphatic rings. The van der Waals surface area contributed by atoms with Crippen molar-refractivity contribution in [2.24, 2.45) is 0 Å². The van der Waals surface area contributed by atoms with Crippen LogP contribution in [-0.2, 0) is 4.74 Å². The molecule has 0 saturated carbocycles. The molecule has 76 valence electrons. The molecule has 2 nitrogen and oxygen atoms in total. The van der Waals surface area contributed by atoms with Gasteiger partial charge in [0, 0.05) is 0 Å². The third kappa shape index (κ3) is 4.39. The summed E-state index contributed by atoms with van der Waals surface area (Å²) < 4.78 is 5.40. The Balaban J connectivity index is 4.66. The Bertz CT molecular complexity index is 221. The van der Waals surface area contributed by atoms with Gasteiger partial charge in [-0.2, -0.15) is 0 Å². The molecule has 0 fully saturated rings. The Morgan fingerprint density at radius 3 is 2.08 bits per heavy atom. The molecular weight excluding hydrogens is 184 g/mol. The lowest BCUT2D eigenvalue weighted by molar-refractivity contribution is 0.148. The molecule has 0 aliphatic carbocycles. The molecule has 0 rings (SSSR count). The molecule has 3 heteroatoms. The zero-order chi connectivity index (χ0) is 10.4. The predicted molar refractivity (Wildman–Crippen MR) is 58.8 cm³/mol. The van der Waals surface area contributed by atoms with Crippen molar-refractivity contribution in [2.75, 3.05) is 13.2 Å². The molecule has 0 heterocycles. The largest absolute Gasteiger partial charge is 0.491 e. The van der Waals surface area contributed by atoms with Crippen molar-refractivity contribution >= 4 is 12.6 Å². The summed E-state index contributed by atoms with van der Waals surface area (Å²) >= 11 is 4.25. The Kier molecular flexibility index (Phi) is 5.91. The van der Waals surface area contributed by atoms with Gasteiger partial charge in [-0.05, 0) is 43.7 Å². The number of rotatable bonds is 4. The van der Waals surface area contributed by atoms with E-state index >= 15 is 0 Å². The first-order valence-electron chi connectivity index (χ1n) is 4.28. The predicted octanol–water partition coefficient (Wildman–Crippen LogP) is 2.51. The highest BCUT2D eigenvalue weighted by Crippen LogP contribution is 2.20. The number of hydrogen-bond acceptors (Lipinski definition) is 3. The maximum atomic E-state index is 8.63. The average Bonchev–Trinajstić information content (AvgIpc) is 2.04. The van der Waals surface area contributed by atoms with Gasteiger partial charge in [0.1, 0.15) is 12.4 Å². The molecule has 1 N–H and O–H groups in total. The van der Waals surface area contributed by atoms with Crippen molar-refractivity contribution < 1.29 is 9.84 Å². The number of aliphatic hydroxyl groups is 1. The highest BCUT2D eigenvalue weighted by molar-refractivity contribution is 7.84. The maximum Gasteiger partial charge on any atom is 0.121 e. The monoisotopic (exact) mass is 202 g/mol. The van der Waals surface area contributed by atoms with Gasteiger partial charge in [-0.1, -0.05) is 0 Å². The summed E-state index contributed by atoms with van der Waals surface area (Å²) in [7, 11) is 0. The van der Waals surface area contributed by atoms with Gasteiger partial charge in [-0.3, -0.25) is 0 Å². The average molecular weight is 202 g/mol. The quantitative estimate of drug-likeness (QED) is 0.417. The van der Waals surface area contributed by atoms with Crippen molar-refractivity contribution in [3.05, 3.63) is 21.8 Å². The Morgan fingerprint density at radius 2 is 1.77 bits per heavy atom. The second-order valence-corrected chi connectivity index (χ2v) is 3.78. The Morgan fingerprint density at radius 1 is 1.23 bits per heavy atom. The minimum atomic E-state index is 0.0374. The van der Waals surface area contributed by atoms with Crippen LogP contribution in [0.4, 0.5) is 0 Å². The van der Waals surface area contributed by atoms with Crippen LogP contribution in [-0.4, -0.2) is 18.3 Å². The zero-order valence-corrected chi connectivity index (χ0v) is 9.61. The third-order valence-corrected chi connectivity index (χ3v) is 2.01. The minimum absolute atomic E-state index is 0.0374. The van der Waals surface area contributed by atoms with E-state index < -0.39 is 0 Å². The molecule has 0 aromatic carbocycles. The van der Waals surface area contributed by atoms with Crippen LogP contribution in [0.25, 0.3) is 0 Å². The SMILES string of the molecule is CC(C)=C(OCCO)/C(C)=C(/C)S. The van der Waals surface area contributed by atoms with Crippen LogP contribution in [0, 0.1) is 0 Å². The van der Waals surface area contributed by atoms with E-state index in [4.69, 9.17) is 9.84 Å². The van der Waals surface area contributed by atoms with Crippen molar-refractivity contribution in [3.8, 4) is 0 Å². The van der Waals surface area contributed by atoms with E-state index in [0.29, 0.717) is 6.61 Å². The summed E-state index contributed by atoms with van der Waals surface area (Å²) in [6.07, 6.45) is 0. The summed E-state index contributed by atoms with van der Waals surface area (Å²) in [4.78, 5) is 0.939. The molecule has 0 spiro atoms. The number of ether oxygens (including phenoxy) is 1. The van der Waals surface area contributed by atoms with Crippen molar-refractivity contribution in [2.45, 2.75) is 27.7 Å². The van der Waals surface area contributed by atoms with E-state index in [0.717, 1.165) is 21.8 Å². The molecule has 0 aliphatic heterocycles. The van der Waals surface area contributed by atoms with E-state index in [-0.39, 0.29) is 6.61 Å². The maximum absolute atomic E-state index is 8.63. The molecule has 0 radical (unpaired) electrons. The van der Waals surface area contributed by atoms with Gasteiger partial charge >= 0.3 is 0 Å². The molecule has 0 unspecified atom stereocenters. The third-order valence-electron chi connectivity index (χ3n) is 1.68. The smallest absolute Gasteiger partial charge is 0.121 e. The lowest BCUT2D eigenvalue weighted by Gasteiger charge is -2.13. The van der Waals surface area contributed by atoms with E-state index in [2.05, 4.69) is 12.6 Å². The van der Waals surface area contributed by atoms with Crippen LogP contribution in [0.1, 0.15) is 27.7 Å². The van der Waals surface area contributed by atoms with Crippen LogP contribution in [0.2, 0.25) is 0 Å². The van der Waals surface area contributed by atoms with E-state index in [1.54, 1.807) is 0 Å². The zero-order valence-electron chi connectivity index (χ0n) is 8.72. The summed E-state index contributed by atoms with van der Waals surface area (Å²) in [6, 6.07) is 0. The summed E-state index contributed by atoms with van der Waals surface area (Å²) in [5.74, 6) is 0.835. The standard InChI is InChI=1S/C10H18O2S/c1-7(2)10(12-6-5-11)8(3)9(4)13/h11,13H,5-6H2,1-4H3/b9-8-. The van der Waals surface area contributed by atoms with E-state index in [1.165, 1.54) is 0 Å². The highest BCUT2D eigenvalue weighted by Gasteiger charge is 2.05. The van der Waals surface area contributed by atoms with Crippen LogP contribution in [0.15, 0.2) is 21.8 Å². The summed E-state index contributed by atoms with van der Waals surface area (Å²) in [6.45, 7) is 8.21. The first-order valence-corrected chi connectivity index (χ1v) is 4.73. The number of hydrogen-bond donors (Lipinski definition) is 2. The van der Waals surface area contributed by atoms with Gasteiger partial charge in [-0.25, -0.2) is 0 Å². The second kappa shape index (κ2) is 6.11. The molecule has 0 aromatic heterocycles. The normalized spacial score (nSPS) is 12.2. The molecular formula is C10H18O2S. The fourth-order valence-corrected chi connectivity index (χ4v) is 1.04. The highest BCUT2D eigenvalue weighted by atomic mass is 32.1. The van der Waals surface area contributed by atoms with Gasteiger partial charge in [0.05, 0.1) is 6.61 Å². The Labute approximate surface area is 85.7 Å². The van der Waals surface area contributed by atoms with Crippen LogP contribution < -0.4 is 0 Å². The molecule has 13 heavy (non-hydrogen) atoms. The van der Waals surface area contributed by atoms with Gasteiger partial charge in [0.25, 0.3) is 0 Å².